The second-order valence-corrected chi connectivity index (χ2v) is 7.08. The Kier molecular flexibility index (Phi) is 3.30. The highest BCUT2D eigenvalue weighted by atomic mass is 32.2. The standard InChI is InChI=1S/C9H13N3O4S2/c1-5-8(17-9(14)11-5)18(15,16)12-4-3-10-7(13)6(12)2/h6H,3-4H2,1-2H3,(H,10,13)(H,11,14). The molecule has 1 aliphatic heterocycles. The first-order valence-corrected chi connectivity index (χ1v) is 7.59. The number of aryl methyl sites for hydroxylation is 1. The van der Waals surface area contributed by atoms with Crippen LogP contribution in [-0.2, 0) is 14.8 Å². The van der Waals surface area contributed by atoms with Crippen molar-refractivity contribution in [1.82, 2.24) is 14.6 Å². The van der Waals surface area contributed by atoms with E-state index in [1.54, 1.807) is 0 Å². The molecule has 1 fully saturated rings. The summed E-state index contributed by atoms with van der Waals surface area (Å²) in [5.41, 5.74) is 0.309. The van der Waals surface area contributed by atoms with Crippen LogP contribution >= 0.6 is 11.3 Å². The first-order valence-electron chi connectivity index (χ1n) is 5.33. The van der Waals surface area contributed by atoms with Crippen LogP contribution in [0.15, 0.2) is 9.00 Å². The second kappa shape index (κ2) is 4.48. The zero-order chi connectivity index (χ0) is 13.5. The van der Waals surface area contributed by atoms with Crippen molar-refractivity contribution in [3.8, 4) is 0 Å². The van der Waals surface area contributed by atoms with Gasteiger partial charge < -0.3 is 10.3 Å². The average Bonchev–Trinajstić information content (AvgIpc) is 2.62. The number of carbonyl (C=O) groups is 1. The Morgan fingerprint density at radius 2 is 2.06 bits per heavy atom. The number of rotatable bonds is 2. The van der Waals surface area contributed by atoms with Gasteiger partial charge in [0, 0.05) is 18.8 Å². The first-order chi connectivity index (χ1) is 8.34. The van der Waals surface area contributed by atoms with Crippen LogP contribution in [0.25, 0.3) is 0 Å². The highest BCUT2D eigenvalue weighted by molar-refractivity contribution is 7.91. The number of amides is 1. The van der Waals surface area contributed by atoms with E-state index in [9.17, 15) is 18.0 Å². The molecule has 1 amide bonds. The van der Waals surface area contributed by atoms with E-state index in [1.807, 2.05) is 0 Å². The largest absolute Gasteiger partial charge is 0.353 e. The van der Waals surface area contributed by atoms with Crippen molar-refractivity contribution in [2.45, 2.75) is 24.1 Å². The van der Waals surface area contributed by atoms with Crippen molar-refractivity contribution in [2.24, 2.45) is 0 Å². The van der Waals surface area contributed by atoms with E-state index < -0.39 is 20.9 Å². The number of sulfonamides is 1. The van der Waals surface area contributed by atoms with Gasteiger partial charge in [0.25, 0.3) is 10.0 Å². The summed E-state index contributed by atoms with van der Waals surface area (Å²) in [5.74, 6) is -0.328. The Morgan fingerprint density at radius 3 is 2.61 bits per heavy atom. The summed E-state index contributed by atoms with van der Waals surface area (Å²) in [6, 6.07) is -0.764. The zero-order valence-electron chi connectivity index (χ0n) is 9.89. The Bertz CT molecular complexity index is 630. The Morgan fingerprint density at radius 1 is 1.39 bits per heavy atom. The zero-order valence-corrected chi connectivity index (χ0v) is 11.5. The van der Waals surface area contributed by atoms with Gasteiger partial charge in [-0.25, -0.2) is 8.42 Å². The van der Waals surface area contributed by atoms with Crippen molar-refractivity contribution < 1.29 is 13.2 Å². The maximum absolute atomic E-state index is 12.4. The summed E-state index contributed by atoms with van der Waals surface area (Å²) >= 11 is 0.646. The summed E-state index contributed by atoms with van der Waals surface area (Å²) in [7, 11) is -3.79. The predicted molar refractivity (Wildman–Crippen MR) is 66.0 cm³/mol. The van der Waals surface area contributed by atoms with Gasteiger partial charge in [-0.15, -0.1) is 0 Å². The van der Waals surface area contributed by atoms with Crippen LogP contribution in [0, 0.1) is 6.92 Å². The monoisotopic (exact) mass is 291 g/mol. The van der Waals surface area contributed by atoms with Gasteiger partial charge in [0.2, 0.25) is 5.91 Å². The van der Waals surface area contributed by atoms with Gasteiger partial charge in [0.15, 0.2) is 4.21 Å². The molecule has 100 valence electrons. The molecule has 1 aromatic rings. The molecule has 7 nitrogen and oxygen atoms in total. The molecule has 1 unspecified atom stereocenters. The number of piperazine rings is 1. The Labute approximate surface area is 108 Å². The fraction of sp³-hybridized carbons (Fsp3) is 0.556. The summed E-state index contributed by atoms with van der Waals surface area (Å²) < 4.78 is 25.9. The van der Waals surface area contributed by atoms with Gasteiger partial charge in [-0.3, -0.25) is 9.59 Å². The van der Waals surface area contributed by atoms with Crippen LogP contribution < -0.4 is 10.2 Å². The smallest absolute Gasteiger partial charge is 0.305 e. The molecular formula is C9H13N3O4S2. The lowest BCUT2D eigenvalue weighted by Gasteiger charge is -2.31. The van der Waals surface area contributed by atoms with Gasteiger partial charge in [0.1, 0.15) is 6.04 Å². The van der Waals surface area contributed by atoms with E-state index in [-0.39, 0.29) is 23.2 Å². The molecular weight excluding hydrogens is 278 g/mol. The van der Waals surface area contributed by atoms with Crippen LogP contribution in [0.5, 0.6) is 0 Å². The molecule has 2 rings (SSSR count). The third-order valence-corrected chi connectivity index (χ3v) is 6.32. The molecule has 2 N–H and O–H groups in total. The predicted octanol–water partition coefficient (Wildman–Crippen LogP) is -0.746. The minimum atomic E-state index is -3.79. The fourth-order valence-electron chi connectivity index (χ4n) is 1.83. The van der Waals surface area contributed by atoms with Gasteiger partial charge in [-0.1, -0.05) is 11.3 Å². The molecule has 1 aromatic heterocycles. The van der Waals surface area contributed by atoms with Gasteiger partial charge >= 0.3 is 4.87 Å². The highest BCUT2D eigenvalue weighted by Crippen LogP contribution is 2.23. The molecule has 0 radical (unpaired) electrons. The molecule has 1 saturated heterocycles. The maximum Gasteiger partial charge on any atom is 0.305 e. The SMILES string of the molecule is Cc1[nH]c(=O)sc1S(=O)(=O)N1CCNC(=O)C1C. The van der Waals surface area contributed by atoms with Crippen LogP contribution in [0.4, 0.5) is 0 Å². The van der Waals surface area contributed by atoms with Crippen molar-refractivity contribution in [3.63, 3.8) is 0 Å². The summed E-state index contributed by atoms with van der Waals surface area (Å²) in [4.78, 5) is 24.7. The van der Waals surface area contributed by atoms with E-state index in [4.69, 9.17) is 0 Å². The topological polar surface area (TPSA) is 99.3 Å². The molecule has 0 aliphatic carbocycles. The van der Waals surface area contributed by atoms with Gasteiger partial charge in [0.05, 0.1) is 0 Å². The summed E-state index contributed by atoms with van der Waals surface area (Å²) in [5, 5.41) is 2.59. The van der Waals surface area contributed by atoms with Crippen molar-refractivity contribution in [3.05, 3.63) is 15.4 Å². The molecule has 0 aromatic carbocycles. The Balaban J connectivity index is 2.45. The molecule has 0 spiro atoms. The van der Waals surface area contributed by atoms with Gasteiger partial charge in [-0.05, 0) is 13.8 Å². The molecule has 1 aliphatic rings. The molecule has 18 heavy (non-hydrogen) atoms. The Hall–Kier alpha value is -1.19. The first kappa shape index (κ1) is 13.2. The van der Waals surface area contributed by atoms with E-state index in [0.29, 0.717) is 17.0 Å². The minimum absolute atomic E-state index is 0.0194. The summed E-state index contributed by atoms with van der Waals surface area (Å²) in [6.07, 6.45) is 0. The molecule has 1 atom stereocenters. The number of aromatic nitrogens is 1. The van der Waals surface area contributed by atoms with Crippen LogP contribution in [-0.4, -0.2) is 42.7 Å². The van der Waals surface area contributed by atoms with Crippen LogP contribution in [0.2, 0.25) is 0 Å². The normalized spacial score (nSPS) is 21.9. The van der Waals surface area contributed by atoms with E-state index in [2.05, 4.69) is 10.3 Å². The van der Waals surface area contributed by atoms with Gasteiger partial charge in [-0.2, -0.15) is 4.31 Å². The molecule has 0 saturated carbocycles. The van der Waals surface area contributed by atoms with Crippen molar-refractivity contribution in [2.75, 3.05) is 13.1 Å². The summed E-state index contributed by atoms with van der Waals surface area (Å²) in [6.45, 7) is 3.54. The third-order valence-electron chi connectivity index (χ3n) is 2.77. The number of nitrogens with one attached hydrogen (secondary N) is 2. The molecule has 0 bridgehead atoms. The van der Waals surface area contributed by atoms with Crippen molar-refractivity contribution >= 4 is 27.3 Å². The quantitative estimate of drug-likeness (QED) is 0.749. The second-order valence-electron chi connectivity index (χ2n) is 4.01. The molecule has 9 heteroatoms. The number of thiazole rings is 1. The lowest BCUT2D eigenvalue weighted by atomic mass is 10.2. The van der Waals surface area contributed by atoms with E-state index in [1.165, 1.54) is 13.8 Å². The number of aromatic amines is 1. The highest BCUT2D eigenvalue weighted by Gasteiger charge is 2.37. The number of hydrogen-bond acceptors (Lipinski definition) is 5. The lowest BCUT2D eigenvalue weighted by Crippen LogP contribution is -2.55. The number of carbonyl (C=O) groups excluding carboxylic acids is 1. The van der Waals surface area contributed by atoms with E-state index in [0.717, 1.165) is 4.31 Å². The van der Waals surface area contributed by atoms with Crippen LogP contribution in [0.1, 0.15) is 12.6 Å². The lowest BCUT2D eigenvalue weighted by molar-refractivity contribution is -0.126. The number of nitrogens with zero attached hydrogens (tertiary/aromatic N) is 1. The van der Waals surface area contributed by atoms with E-state index >= 15 is 0 Å². The third kappa shape index (κ3) is 2.08. The van der Waals surface area contributed by atoms with Crippen molar-refractivity contribution in [1.29, 1.82) is 0 Å². The van der Waals surface area contributed by atoms with Crippen LogP contribution in [0.3, 0.4) is 0 Å². The average molecular weight is 291 g/mol. The number of H-pyrrole nitrogens is 1. The number of hydrogen-bond donors (Lipinski definition) is 2. The molecule has 2 heterocycles. The fourth-order valence-corrected chi connectivity index (χ4v) is 4.84. The minimum Gasteiger partial charge on any atom is -0.353 e. The maximum atomic E-state index is 12.4.